The maximum Gasteiger partial charge on any atom is 0.238 e. The second-order valence-electron chi connectivity index (χ2n) is 13.7. The molecule has 5 nitrogen and oxygen atoms in total. The molecule has 11 rings (SSSR count). The van der Waals surface area contributed by atoms with E-state index in [1.165, 1.54) is 32.6 Å². The van der Waals surface area contributed by atoms with E-state index in [4.69, 9.17) is 15.0 Å². The van der Waals surface area contributed by atoms with Gasteiger partial charge in [0.25, 0.3) is 0 Å². The van der Waals surface area contributed by atoms with E-state index in [2.05, 4.69) is 137 Å². The number of nitrogens with zero attached hydrogens (tertiary/aromatic N) is 5. The quantitative estimate of drug-likeness (QED) is 0.181. The van der Waals surface area contributed by atoms with Gasteiger partial charge in [0.2, 0.25) is 5.95 Å². The zero-order valence-electron chi connectivity index (χ0n) is 29.1. The third kappa shape index (κ3) is 4.69. The first-order valence-electron chi connectivity index (χ1n) is 18.2. The predicted octanol–water partition coefficient (Wildman–Crippen LogP) is 12.2. The van der Waals surface area contributed by atoms with E-state index < -0.39 is 0 Å². The van der Waals surface area contributed by atoms with Crippen molar-refractivity contribution in [3.8, 4) is 45.5 Å². The molecule has 3 heterocycles. The lowest BCUT2D eigenvalue weighted by Gasteiger charge is -2.14. The van der Waals surface area contributed by atoms with Gasteiger partial charge in [-0.05, 0) is 46.7 Å². The lowest BCUT2D eigenvalue weighted by molar-refractivity contribution is 0.953. The molecule has 0 spiro atoms. The van der Waals surface area contributed by atoms with Crippen molar-refractivity contribution in [3.05, 3.63) is 188 Å². The Labute approximate surface area is 311 Å². The SMILES string of the molecule is c1ccc(-c2nc(-c3ccccc3)nc(-n3c4ccccc4c4c(-c5cccc6c7ccccc7n(-c7ccc8ccccc8c7)c56)cccc43)n2)cc1. The zero-order valence-corrected chi connectivity index (χ0v) is 29.1. The highest BCUT2D eigenvalue weighted by Gasteiger charge is 2.22. The fourth-order valence-corrected chi connectivity index (χ4v) is 8.18. The second kappa shape index (κ2) is 12.1. The highest BCUT2D eigenvalue weighted by Crippen LogP contribution is 2.43. The van der Waals surface area contributed by atoms with Crippen LogP contribution in [0.1, 0.15) is 0 Å². The molecule has 0 radical (unpaired) electrons. The average molecular weight is 690 g/mol. The molecule has 0 fully saturated rings. The Bertz CT molecular complexity index is 3160. The van der Waals surface area contributed by atoms with Crippen LogP contribution in [0, 0.1) is 0 Å². The van der Waals surface area contributed by atoms with Crippen LogP contribution in [-0.2, 0) is 0 Å². The van der Waals surface area contributed by atoms with E-state index in [-0.39, 0.29) is 0 Å². The van der Waals surface area contributed by atoms with Crippen LogP contribution in [0.3, 0.4) is 0 Å². The summed E-state index contributed by atoms with van der Waals surface area (Å²) in [4.78, 5) is 15.3. The Morgan fingerprint density at radius 1 is 0.352 bits per heavy atom. The number of rotatable bonds is 5. The number of aromatic nitrogens is 5. The van der Waals surface area contributed by atoms with Gasteiger partial charge in [0, 0.05) is 43.9 Å². The van der Waals surface area contributed by atoms with Crippen LogP contribution in [0.4, 0.5) is 0 Å². The van der Waals surface area contributed by atoms with Gasteiger partial charge in [-0.1, -0.05) is 158 Å². The molecule has 0 bridgehead atoms. The minimum atomic E-state index is 0.578. The van der Waals surface area contributed by atoms with E-state index in [1.807, 2.05) is 60.7 Å². The van der Waals surface area contributed by atoms with Gasteiger partial charge in [0.1, 0.15) is 0 Å². The Morgan fingerprint density at radius 2 is 0.907 bits per heavy atom. The fraction of sp³-hybridized carbons (Fsp3) is 0. The largest absolute Gasteiger partial charge is 0.309 e. The number of para-hydroxylation sites is 3. The first-order chi connectivity index (χ1) is 26.8. The van der Waals surface area contributed by atoms with Gasteiger partial charge in [-0.3, -0.25) is 4.57 Å². The molecule has 0 aliphatic rings. The second-order valence-corrected chi connectivity index (χ2v) is 13.7. The van der Waals surface area contributed by atoms with Crippen LogP contribution >= 0.6 is 0 Å². The van der Waals surface area contributed by atoms with E-state index in [0.29, 0.717) is 17.6 Å². The minimum absolute atomic E-state index is 0.578. The van der Waals surface area contributed by atoms with Gasteiger partial charge in [-0.25, -0.2) is 4.98 Å². The highest BCUT2D eigenvalue weighted by molar-refractivity contribution is 6.20. The summed E-state index contributed by atoms with van der Waals surface area (Å²) in [5.74, 6) is 1.84. The molecule has 0 saturated heterocycles. The lowest BCUT2D eigenvalue weighted by Crippen LogP contribution is -2.06. The third-order valence-corrected chi connectivity index (χ3v) is 10.6. The molecule has 252 valence electrons. The first kappa shape index (κ1) is 30.3. The highest BCUT2D eigenvalue weighted by atomic mass is 15.2. The van der Waals surface area contributed by atoms with Crippen LogP contribution < -0.4 is 0 Å². The summed E-state index contributed by atoms with van der Waals surface area (Å²) in [6.07, 6.45) is 0. The van der Waals surface area contributed by atoms with Crippen molar-refractivity contribution in [1.82, 2.24) is 24.1 Å². The lowest BCUT2D eigenvalue weighted by atomic mass is 9.97. The molecule has 11 aromatic rings. The van der Waals surface area contributed by atoms with Crippen LogP contribution in [0.25, 0.3) is 99.9 Å². The van der Waals surface area contributed by atoms with Crippen LogP contribution in [0.5, 0.6) is 0 Å². The van der Waals surface area contributed by atoms with Crippen molar-refractivity contribution in [3.63, 3.8) is 0 Å². The Morgan fingerprint density at radius 3 is 1.65 bits per heavy atom. The summed E-state index contributed by atoms with van der Waals surface area (Å²) in [6.45, 7) is 0. The standard InChI is InChI=1S/C49H31N5/c1-3-16-33(17-4-1)47-50-48(34-18-5-2-6-19-34)52-49(51-47)54-43-27-12-10-22-41(43)45-38(23-14-28-44(45)54)40-25-13-24-39-37-21-9-11-26-42(37)53(46(39)40)36-30-29-32-15-7-8-20-35(32)31-36/h1-31H. The first-order valence-corrected chi connectivity index (χ1v) is 18.2. The molecule has 0 aliphatic carbocycles. The Balaban J connectivity index is 1.22. The van der Waals surface area contributed by atoms with E-state index in [0.717, 1.165) is 49.7 Å². The topological polar surface area (TPSA) is 48.5 Å². The summed E-state index contributed by atoms with van der Waals surface area (Å²) in [6, 6.07) is 66.3. The molecule has 8 aromatic carbocycles. The van der Waals surface area contributed by atoms with Crippen molar-refractivity contribution in [2.45, 2.75) is 0 Å². The van der Waals surface area contributed by atoms with E-state index >= 15 is 0 Å². The monoisotopic (exact) mass is 689 g/mol. The molecular formula is C49H31N5. The predicted molar refractivity (Wildman–Crippen MR) is 222 cm³/mol. The maximum absolute atomic E-state index is 5.17. The maximum atomic E-state index is 5.17. The number of hydrogen-bond donors (Lipinski definition) is 0. The Kier molecular flexibility index (Phi) is 6.79. The van der Waals surface area contributed by atoms with Gasteiger partial charge in [-0.15, -0.1) is 0 Å². The van der Waals surface area contributed by atoms with E-state index in [9.17, 15) is 0 Å². The van der Waals surface area contributed by atoms with Gasteiger partial charge in [0.15, 0.2) is 11.6 Å². The normalized spacial score (nSPS) is 11.7. The summed E-state index contributed by atoms with van der Waals surface area (Å²) in [5, 5.41) is 7.17. The molecule has 54 heavy (non-hydrogen) atoms. The van der Waals surface area contributed by atoms with E-state index in [1.54, 1.807) is 0 Å². The number of benzene rings is 8. The summed E-state index contributed by atoms with van der Waals surface area (Å²) in [5.41, 5.74) is 9.74. The number of fused-ring (bicyclic) bond motifs is 7. The van der Waals surface area contributed by atoms with Crippen molar-refractivity contribution < 1.29 is 0 Å². The number of hydrogen-bond acceptors (Lipinski definition) is 3. The molecule has 0 aliphatic heterocycles. The zero-order chi connectivity index (χ0) is 35.6. The van der Waals surface area contributed by atoms with Gasteiger partial charge < -0.3 is 4.57 Å². The molecule has 0 atom stereocenters. The van der Waals surface area contributed by atoms with Crippen molar-refractivity contribution in [2.24, 2.45) is 0 Å². The van der Waals surface area contributed by atoms with Crippen LogP contribution in [0.15, 0.2) is 188 Å². The third-order valence-electron chi connectivity index (χ3n) is 10.6. The van der Waals surface area contributed by atoms with Gasteiger partial charge in [0.05, 0.1) is 22.1 Å². The minimum Gasteiger partial charge on any atom is -0.309 e. The van der Waals surface area contributed by atoms with Crippen LogP contribution in [0.2, 0.25) is 0 Å². The molecular weight excluding hydrogens is 659 g/mol. The smallest absolute Gasteiger partial charge is 0.238 e. The van der Waals surface area contributed by atoms with Crippen molar-refractivity contribution >= 4 is 54.4 Å². The van der Waals surface area contributed by atoms with Gasteiger partial charge >= 0.3 is 0 Å². The van der Waals surface area contributed by atoms with Crippen molar-refractivity contribution in [1.29, 1.82) is 0 Å². The summed E-state index contributed by atoms with van der Waals surface area (Å²) in [7, 11) is 0. The van der Waals surface area contributed by atoms with Crippen LogP contribution in [-0.4, -0.2) is 24.1 Å². The molecule has 0 N–H and O–H groups in total. The average Bonchev–Trinajstić information content (AvgIpc) is 3.77. The summed E-state index contributed by atoms with van der Waals surface area (Å²) < 4.78 is 4.64. The van der Waals surface area contributed by atoms with Crippen molar-refractivity contribution in [2.75, 3.05) is 0 Å². The summed E-state index contributed by atoms with van der Waals surface area (Å²) >= 11 is 0. The van der Waals surface area contributed by atoms with Gasteiger partial charge in [-0.2, -0.15) is 9.97 Å². The molecule has 0 amide bonds. The fourth-order valence-electron chi connectivity index (χ4n) is 8.18. The molecule has 0 saturated carbocycles. The molecule has 3 aromatic heterocycles. The Hall–Kier alpha value is -7.37. The molecule has 0 unspecified atom stereocenters. The molecule has 5 heteroatoms.